The number of aromatic nitrogens is 2. The standard InChI is InChI=1S/C10H17N3O3S/c1-7-11-6-9(13-7)17(15,16)12-5-8(14)10(2,3)4/h6,12H,5H2,1-4H3,(H,11,13). The van der Waals surface area contributed by atoms with E-state index in [4.69, 9.17) is 0 Å². The number of rotatable bonds is 4. The number of nitrogens with one attached hydrogen (secondary N) is 2. The second-order valence-electron chi connectivity index (χ2n) is 4.83. The predicted octanol–water partition coefficient (Wildman–Crippen LogP) is 0.612. The van der Waals surface area contributed by atoms with Gasteiger partial charge in [-0.1, -0.05) is 20.8 Å². The molecule has 0 saturated heterocycles. The summed E-state index contributed by atoms with van der Waals surface area (Å²) >= 11 is 0. The molecular formula is C10H17N3O3S. The van der Waals surface area contributed by atoms with Gasteiger partial charge in [-0.15, -0.1) is 0 Å². The minimum absolute atomic E-state index is 0.0308. The molecule has 0 bridgehead atoms. The SMILES string of the molecule is Cc1ncc(S(=O)(=O)NCC(=O)C(C)(C)C)[nH]1. The van der Waals surface area contributed by atoms with E-state index < -0.39 is 15.4 Å². The summed E-state index contributed by atoms with van der Waals surface area (Å²) in [5.41, 5.74) is -0.563. The lowest BCUT2D eigenvalue weighted by molar-refractivity contribution is -0.125. The van der Waals surface area contributed by atoms with Gasteiger partial charge in [0.1, 0.15) is 5.82 Å². The Bertz CT molecular complexity index is 511. The smallest absolute Gasteiger partial charge is 0.258 e. The molecule has 6 nitrogen and oxygen atoms in total. The van der Waals surface area contributed by atoms with Crippen LogP contribution in [0.3, 0.4) is 0 Å². The maximum Gasteiger partial charge on any atom is 0.258 e. The molecule has 0 saturated carbocycles. The molecule has 96 valence electrons. The number of sulfonamides is 1. The largest absolute Gasteiger partial charge is 0.332 e. The highest BCUT2D eigenvalue weighted by molar-refractivity contribution is 7.89. The van der Waals surface area contributed by atoms with Gasteiger partial charge in [0.25, 0.3) is 10.0 Å². The number of aromatic amines is 1. The van der Waals surface area contributed by atoms with Crippen LogP contribution in [0.15, 0.2) is 11.2 Å². The minimum atomic E-state index is -3.68. The molecule has 1 aromatic heterocycles. The molecule has 0 amide bonds. The van der Waals surface area contributed by atoms with E-state index in [2.05, 4.69) is 14.7 Å². The highest BCUT2D eigenvalue weighted by Crippen LogP contribution is 2.14. The zero-order valence-corrected chi connectivity index (χ0v) is 11.2. The molecular weight excluding hydrogens is 242 g/mol. The van der Waals surface area contributed by atoms with E-state index in [9.17, 15) is 13.2 Å². The van der Waals surface area contributed by atoms with Crippen LogP contribution in [0.4, 0.5) is 0 Å². The van der Waals surface area contributed by atoms with Crippen molar-refractivity contribution in [1.29, 1.82) is 0 Å². The molecule has 0 aromatic carbocycles. The molecule has 0 aliphatic carbocycles. The van der Waals surface area contributed by atoms with Crippen LogP contribution in [-0.4, -0.2) is 30.7 Å². The Hall–Kier alpha value is -1.21. The Labute approximate surface area is 101 Å². The lowest BCUT2D eigenvalue weighted by Crippen LogP contribution is -2.35. The molecule has 0 atom stereocenters. The summed E-state index contributed by atoms with van der Waals surface area (Å²) in [6.45, 7) is 6.65. The third-order valence-electron chi connectivity index (χ3n) is 2.23. The maximum atomic E-state index is 11.7. The van der Waals surface area contributed by atoms with Crippen LogP contribution in [0.5, 0.6) is 0 Å². The normalized spacial score (nSPS) is 12.7. The summed E-state index contributed by atoms with van der Waals surface area (Å²) < 4.78 is 25.7. The molecule has 0 aliphatic rings. The van der Waals surface area contributed by atoms with E-state index >= 15 is 0 Å². The summed E-state index contributed by atoms with van der Waals surface area (Å²) in [6.07, 6.45) is 1.22. The average Bonchev–Trinajstić information content (AvgIpc) is 2.60. The van der Waals surface area contributed by atoms with Crippen LogP contribution in [0, 0.1) is 12.3 Å². The van der Waals surface area contributed by atoms with E-state index in [0.717, 1.165) is 0 Å². The number of hydrogen-bond acceptors (Lipinski definition) is 4. The van der Waals surface area contributed by atoms with Gasteiger partial charge in [-0.05, 0) is 6.92 Å². The van der Waals surface area contributed by atoms with Gasteiger partial charge < -0.3 is 4.98 Å². The predicted molar refractivity (Wildman–Crippen MR) is 63.0 cm³/mol. The number of carbonyl (C=O) groups excluding carboxylic acids is 1. The van der Waals surface area contributed by atoms with Gasteiger partial charge in [0.15, 0.2) is 10.8 Å². The molecule has 0 aliphatic heterocycles. The van der Waals surface area contributed by atoms with Crippen LogP contribution in [-0.2, 0) is 14.8 Å². The Morgan fingerprint density at radius 1 is 1.47 bits per heavy atom. The third kappa shape index (κ3) is 3.64. The van der Waals surface area contributed by atoms with Crippen LogP contribution < -0.4 is 4.72 Å². The first-order chi connectivity index (χ1) is 7.63. The molecule has 7 heteroatoms. The van der Waals surface area contributed by atoms with Crippen LogP contribution in [0.2, 0.25) is 0 Å². The van der Waals surface area contributed by atoms with Crippen molar-refractivity contribution in [3.05, 3.63) is 12.0 Å². The van der Waals surface area contributed by atoms with Gasteiger partial charge in [0.2, 0.25) is 0 Å². The van der Waals surface area contributed by atoms with Gasteiger partial charge in [-0.3, -0.25) is 4.79 Å². The monoisotopic (exact) mass is 259 g/mol. The van der Waals surface area contributed by atoms with Crippen molar-refractivity contribution in [2.45, 2.75) is 32.7 Å². The fraction of sp³-hybridized carbons (Fsp3) is 0.600. The number of H-pyrrole nitrogens is 1. The van der Waals surface area contributed by atoms with Crippen molar-refractivity contribution in [1.82, 2.24) is 14.7 Å². The topological polar surface area (TPSA) is 91.9 Å². The van der Waals surface area contributed by atoms with Gasteiger partial charge in [0, 0.05) is 5.41 Å². The molecule has 0 fully saturated rings. The minimum Gasteiger partial charge on any atom is -0.332 e. The third-order valence-corrected chi connectivity index (χ3v) is 3.54. The summed E-state index contributed by atoms with van der Waals surface area (Å²) in [5.74, 6) is 0.338. The highest BCUT2D eigenvalue weighted by Gasteiger charge is 2.24. The Morgan fingerprint density at radius 3 is 2.47 bits per heavy atom. The quantitative estimate of drug-likeness (QED) is 0.828. The van der Waals surface area contributed by atoms with E-state index in [-0.39, 0.29) is 17.4 Å². The van der Waals surface area contributed by atoms with Gasteiger partial charge in [0.05, 0.1) is 12.7 Å². The number of hydrogen-bond donors (Lipinski definition) is 2. The number of carbonyl (C=O) groups is 1. The van der Waals surface area contributed by atoms with E-state index in [1.165, 1.54) is 6.20 Å². The molecule has 1 rings (SSSR count). The van der Waals surface area contributed by atoms with Gasteiger partial charge in [-0.25, -0.2) is 18.1 Å². The second-order valence-corrected chi connectivity index (χ2v) is 6.57. The Kier molecular flexibility index (Phi) is 3.73. The van der Waals surface area contributed by atoms with E-state index in [1.54, 1.807) is 27.7 Å². The fourth-order valence-electron chi connectivity index (χ4n) is 1.04. The molecule has 0 radical (unpaired) electrons. The van der Waals surface area contributed by atoms with Gasteiger partial charge >= 0.3 is 0 Å². The van der Waals surface area contributed by atoms with Crippen LogP contribution >= 0.6 is 0 Å². The second kappa shape index (κ2) is 4.58. The first kappa shape index (κ1) is 13.9. The highest BCUT2D eigenvalue weighted by atomic mass is 32.2. The van der Waals surface area contributed by atoms with E-state index in [1.807, 2.05) is 0 Å². The van der Waals surface area contributed by atoms with Crippen molar-refractivity contribution < 1.29 is 13.2 Å². The number of aryl methyl sites for hydroxylation is 1. The summed E-state index contributed by atoms with van der Waals surface area (Å²) in [7, 11) is -3.68. The number of ketones is 1. The molecule has 1 heterocycles. The molecule has 2 N–H and O–H groups in total. The summed E-state index contributed by atoms with van der Waals surface area (Å²) in [4.78, 5) is 18.0. The van der Waals surface area contributed by atoms with Gasteiger partial charge in [-0.2, -0.15) is 0 Å². The lowest BCUT2D eigenvalue weighted by Gasteiger charge is -2.16. The number of imidazole rings is 1. The molecule has 0 unspecified atom stereocenters. The Balaban J connectivity index is 2.73. The molecule has 1 aromatic rings. The average molecular weight is 259 g/mol. The fourth-order valence-corrected chi connectivity index (χ4v) is 1.99. The zero-order chi connectivity index (χ0) is 13.3. The summed E-state index contributed by atoms with van der Waals surface area (Å²) in [5, 5.41) is -0.0308. The van der Waals surface area contributed by atoms with Crippen LogP contribution in [0.25, 0.3) is 0 Å². The number of Topliss-reactive ketones (excluding diaryl/α,β-unsaturated/α-hetero) is 1. The molecule has 0 spiro atoms. The van der Waals surface area contributed by atoms with Crippen molar-refractivity contribution in [2.75, 3.05) is 6.54 Å². The number of nitrogens with zero attached hydrogens (tertiary/aromatic N) is 1. The van der Waals surface area contributed by atoms with Crippen molar-refractivity contribution in [3.63, 3.8) is 0 Å². The Morgan fingerprint density at radius 2 is 2.06 bits per heavy atom. The maximum absolute atomic E-state index is 11.7. The first-order valence-corrected chi connectivity index (χ1v) is 6.66. The lowest BCUT2D eigenvalue weighted by atomic mass is 9.91. The summed E-state index contributed by atoms with van der Waals surface area (Å²) in [6, 6.07) is 0. The van der Waals surface area contributed by atoms with Crippen molar-refractivity contribution in [3.8, 4) is 0 Å². The van der Waals surface area contributed by atoms with E-state index in [0.29, 0.717) is 5.82 Å². The first-order valence-electron chi connectivity index (χ1n) is 5.17. The zero-order valence-electron chi connectivity index (χ0n) is 10.4. The van der Waals surface area contributed by atoms with Crippen molar-refractivity contribution in [2.24, 2.45) is 5.41 Å². The molecule has 17 heavy (non-hydrogen) atoms. The van der Waals surface area contributed by atoms with Crippen LogP contribution in [0.1, 0.15) is 26.6 Å². The van der Waals surface area contributed by atoms with Crippen molar-refractivity contribution >= 4 is 15.8 Å².